The van der Waals surface area contributed by atoms with E-state index in [2.05, 4.69) is 21.8 Å². The second-order valence-corrected chi connectivity index (χ2v) is 8.23. The van der Waals surface area contributed by atoms with Crippen LogP contribution in [0.25, 0.3) is 0 Å². The summed E-state index contributed by atoms with van der Waals surface area (Å²) in [6.07, 6.45) is 6.45. The fraction of sp³-hybridized carbons (Fsp3) is 0.500. The van der Waals surface area contributed by atoms with E-state index in [1.54, 1.807) is 12.4 Å². The monoisotopic (exact) mass is 357 g/mol. The summed E-state index contributed by atoms with van der Waals surface area (Å²) in [5.74, 6) is 0.0264. The molecule has 4 rings (SSSR count). The highest BCUT2D eigenvalue weighted by molar-refractivity contribution is 7.17. The van der Waals surface area contributed by atoms with Gasteiger partial charge in [0.1, 0.15) is 4.88 Å². The lowest BCUT2D eigenvalue weighted by Gasteiger charge is -2.28. The molecule has 0 saturated carbocycles. The van der Waals surface area contributed by atoms with Crippen LogP contribution < -0.4 is 15.5 Å². The first-order valence-corrected chi connectivity index (χ1v) is 9.58. The number of aryl methyl sites for hydroxylation is 1. The fourth-order valence-corrected chi connectivity index (χ4v) is 4.49. The van der Waals surface area contributed by atoms with Gasteiger partial charge in [0, 0.05) is 25.8 Å². The molecule has 25 heavy (non-hydrogen) atoms. The third kappa shape index (κ3) is 3.02. The molecule has 0 spiro atoms. The number of rotatable bonds is 3. The Bertz CT molecular complexity index is 791. The molecule has 1 atom stereocenters. The van der Waals surface area contributed by atoms with Gasteiger partial charge < -0.3 is 15.5 Å². The van der Waals surface area contributed by atoms with Crippen molar-refractivity contribution in [2.45, 2.75) is 26.2 Å². The Morgan fingerprint density at radius 1 is 1.40 bits per heavy atom. The van der Waals surface area contributed by atoms with Gasteiger partial charge in [-0.15, -0.1) is 0 Å². The maximum Gasteiger partial charge on any atom is 0.270 e. The number of nitrogens with two attached hydrogens (primary N) is 1. The van der Waals surface area contributed by atoms with Crippen LogP contribution in [0.1, 0.15) is 35.1 Å². The number of anilines is 2. The van der Waals surface area contributed by atoms with Gasteiger partial charge in [-0.25, -0.2) is 4.98 Å². The molecule has 4 heterocycles. The predicted octanol–water partition coefficient (Wildman–Crippen LogP) is 2.31. The maximum absolute atomic E-state index is 13.0. The number of hydrogen-bond donors (Lipinski definition) is 1. The van der Waals surface area contributed by atoms with E-state index in [9.17, 15) is 4.79 Å². The molecule has 1 unspecified atom stereocenters. The van der Waals surface area contributed by atoms with Crippen LogP contribution >= 0.6 is 11.3 Å². The fourth-order valence-electron chi connectivity index (χ4n) is 3.60. The summed E-state index contributed by atoms with van der Waals surface area (Å²) in [5.41, 5.74) is 7.98. The van der Waals surface area contributed by atoms with Gasteiger partial charge in [0.15, 0.2) is 5.13 Å². The van der Waals surface area contributed by atoms with Crippen molar-refractivity contribution in [1.29, 1.82) is 0 Å². The van der Waals surface area contributed by atoms with E-state index in [1.165, 1.54) is 11.3 Å². The molecule has 0 radical (unpaired) electrons. The average Bonchev–Trinajstić information content (AvgIpc) is 3.28. The highest BCUT2D eigenvalue weighted by Crippen LogP contribution is 2.35. The summed E-state index contributed by atoms with van der Waals surface area (Å²) >= 11 is 1.48. The lowest BCUT2D eigenvalue weighted by atomic mass is 9.90. The third-order valence-corrected chi connectivity index (χ3v) is 6.27. The van der Waals surface area contributed by atoms with Crippen molar-refractivity contribution in [2.75, 3.05) is 36.0 Å². The summed E-state index contributed by atoms with van der Waals surface area (Å²) in [7, 11) is 0. The Morgan fingerprint density at radius 3 is 3.08 bits per heavy atom. The van der Waals surface area contributed by atoms with Gasteiger partial charge in [-0.2, -0.15) is 0 Å². The van der Waals surface area contributed by atoms with E-state index in [0.29, 0.717) is 11.4 Å². The molecule has 7 heteroatoms. The quantitative estimate of drug-likeness (QED) is 0.912. The largest absolute Gasteiger partial charge is 0.347 e. The van der Waals surface area contributed by atoms with Crippen molar-refractivity contribution in [1.82, 2.24) is 9.97 Å². The van der Waals surface area contributed by atoms with Gasteiger partial charge in [0.2, 0.25) is 0 Å². The van der Waals surface area contributed by atoms with Gasteiger partial charge in [-0.1, -0.05) is 18.3 Å². The molecule has 2 aromatic rings. The Balaban J connectivity index is 1.54. The molecule has 2 aromatic heterocycles. The zero-order chi connectivity index (χ0) is 17.4. The molecule has 2 N–H and O–H groups in total. The second kappa shape index (κ2) is 6.38. The first kappa shape index (κ1) is 16.5. The number of nitrogens with zero attached hydrogens (tertiary/aromatic N) is 4. The molecule has 1 amide bonds. The highest BCUT2D eigenvalue weighted by atomic mass is 32.1. The molecule has 6 nitrogen and oxygen atoms in total. The molecule has 2 aliphatic heterocycles. The number of carbonyl (C=O) groups excluding carboxylic acids is 1. The molecule has 2 aliphatic rings. The minimum absolute atomic E-state index is 0.0264. The highest BCUT2D eigenvalue weighted by Gasteiger charge is 2.34. The lowest BCUT2D eigenvalue weighted by Crippen LogP contribution is -2.35. The van der Waals surface area contributed by atoms with Crippen molar-refractivity contribution in [2.24, 2.45) is 11.1 Å². The normalized spacial score (nSPS) is 23.0. The predicted molar refractivity (Wildman–Crippen MR) is 100 cm³/mol. The van der Waals surface area contributed by atoms with Crippen molar-refractivity contribution in [3.63, 3.8) is 0 Å². The SMILES string of the molecule is CC1(CN)CCN(c2ncc(C(=O)N3CCCc4ncccc43)s2)C1. The molecular weight excluding hydrogens is 334 g/mol. The molecule has 0 bridgehead atoms. The number of amides is 1. The third-order valence-electron chi connectivity index (χ3n) is 5.22. The van der Waals surface area contributed by atoms with Gasteiger partial charge in [-0.3, -0.25) is 9.78 Å². The minimum atomic E-state index is 0.0264. The molecule has 0 aromatic carbocycles. The molecule has 0 aliphatic carbocycles. The Kier molecular flexibility index (Phi) is 4.21. The molecule has 1 saturated heterocycles. The van der Waals surface area contributed by atoms with E-state index in [1.807, 2.05) is 17.0 Å². The van der Waals surface area contributed by atoms with E-state index >= 15 is 0 Å². The topological polar surface area (TPSA) is 75.3 Å². The van der Waals surface area contributed by atoms with Crippen LogP contribution in [0.3, 0.4) is 0 Å². The Morgan fingerprint density at radius 2 is 2.28 bits per heavy atom. The minimum Gasteiger partial charge on any atom is -0.347 e. The summed E-state index contributed by atoms with van der Waals surface area (Å²) in [5, 5.41) is 0.920. The van der Waals surface area contributed by atoms with Crippen molar-refractivity contribution < 1.29 is 4.79 Å². The number of thiazole rings is 1. The number of hydrogen-bond acceptors (Lipinski definition) is 6. The van der Waals surface area contributed by atoms with Crippen molar-refractivity contribution in [3.05, 3.63) is 35.1 Å². The van der Waals surface area contributed by atoms with Gasteiger partial charge in [-0.05, 0) is 43.4 Å². The summed E-state index contributed by atoms with van der Waals surface area (Å²) < 4.78 is 0. The number of carbonyl (C=O) groups is 1. The summed E-state index contributed by atoms with van der Waals surface area (Å²) in [6, 6.07) is 3.87. The molecule has 1 fully saturated rings. The van der Waals surface area contributed by atoms with E-state index in [0.717, 1.165) is 55.4 Å². The lowest BCUT2D eigenvalue weighted by molar-refractivity contribution is 0.0988. The van der Waals surface area contributed by atoms with Gasteiger partial charge in [0.25, 0.3) is 5.91 Å². The van der Waals surface area contributed by atoms with E-state index in [-0.39, 0.29) is 11.3 Å². The average molecular weight is 357 g/mol. The first-order chi connectivity index (χ1) is 12.1. The Hall–Kier alpha value is -1.99. The van der Waals surface area contributed by atoms with Crippen LogP contribution in [0.15, 0.2) is 24.5 Å². The van der Waals surface area contributed by atoms with Crippen LogP contribution in [0, 0.1) is 5.41 Å². The van der Waals surface area contributed by atoms with Crippen LogP contribution in [0.2, 0.25) is 0 Å². The number of pyridine rings is 1. The van der Waals surface area contributed by atoms with E-state index in [4.69, 9.17) is 5.73 Å². The van der Waals surface area contributed by atoms with Gasteiger partial charge >= 0.3 is 0 Å². The van der Waals surface area contributed by atoms with Crippen LogP contribution in [0.4, 0.5) is 10.8 Å². The number of aromatic nitrogens is 2. The summed E-state index contributed by atoms with van der Waals surface area (Å²) in [6.45, 7) is 5.48. The Labute approximate surface area is 151 Å². The summed E-state index contributed by atoms with van der Waals surface area (Å²) in [4.78, 5) is 26.7. The molecular formula is C18H23N5OS. The number of fused-ring (bicyclic) bond motifs is 1. The smallest absolute Gasteiger partial charge is 0.270 e. The zero-order valence-electron chi connectivity index (χ0n) is 14.4. The first-order valence-electron chi connectivity index (χ1n) is 8.76. The zero-order valence-corrected chi connectivity index (χ0v) is 15.3. The van der Waals surface area contributed by atoms with Crippen molar-refractivity contribution >= 4 is 28.1 Å². The van der Waals surface area contributed by atoms with Crippen molar-refractivity contribution in [3.8, 4) is 0 Å². The van der Waals surface area contributed by atoms with Crippen LogP contribution in [-0.4, -0.2) is 42.1 Å². The maximum atomic E-state index is 13.0. The second-order valence-electron chi connectivity index (χ2n) is 7.22. The standard InChI is InChI=1S/C18H23N5OS/c1-18(11-19)6-9-22(12-18)17-21-10-15(25-17)16(24)23-8-3-4-13-14(23)5-2-7-20-13/h2,5,7,10H,3-4,6,8-9,11-12,19H2,1H3. The van der Waals surface area contributed by atoms with E-state index < -0.39 is 0 Å². The van der Waals surface area contributed by atoms with Gasteiger partial charge in [0.05, 0.1) is 17.6 Å². The molecule has 132 valence electrons. The van der Waals surface area contributed by atoms with Crippen LogP contribution in [0.5, 0.6) is 0 Å². The van der Waals surface area contributed by atoms with Crippen LogP contribution in [-0.2, 0) is 6.42 Å².